The lowest BCUT2D eigenvalue weighted by Gasteiger charge is -2.19. The molecule has 2 aromatic rings. The van der Waals surface area contributed by atoms with Crippen molar-refractivity contribution in [2.75, 3.05) is 0 Å². The second kappa shape index (κ2) is 6.89. The van der Waals surface area contributed by atoms with Gasteiger partial charge in [0.05, 0.1) is 24.1 Å². The molecule has 20 heavy (non-hydrogen) atoms. The van der Waals surface area contributed by atoms with Crippen LogP contribution in [0.2, 0.25) is 0 Å². The summed E-state index contributed by atoms with van der Waals surface area (Å²) in [5.41, 5.74) is 3.34. The van der Waals surface area contributed by atoms with Gasteiger partial charge in [0.25, 0.3) is 0 Å². The van der Waals surface area contributed by atoms with E-state index in [1.165, 1.54) is 24.8 Å². The molecule has 0 spiro atoms. The third kappa shape index (κ3) is 3.21. The molecular formula is C17H26N2O. The maximum Gasteiger partial charge on any atom is 0.0992 e. The number of hydrogen-bond donors (Lipinski definition) is 1. The van der Waals surface area contributed by atoms with E-state index in [-0.39, 0.29) is 6.10 Å². The Labute approximate surface area is 121 Å². The number of unbranched alkanes of at least 4 members (excludes halogenated alkanes) is 3. The molecule has 2 rings (SSSR count). The van der Waals surface area contributed by atoms with Crippen LogP contribution in [0.5, 0.6) is 0 Å². The van der Waals surface area contributed by atoms with Crippen LogP contribution in [0.3, 0.4) is 0 Å². The Morgan fingerprint density at radius 3 is 2.75 bits per heavy atom. The maximum atomic E-state index is 10.6. The number of hydrogen-bond acceptors (Lipinski definition) is 2. The molecule has 0 amide bonds. The maximum absolute atomic E-state index is 10.6. The smallest absolute Gasteiger partial charge is 0.0992 e. The fourth-order valence-corrected chi connectivity index (χ4v) is 2.81. The van der Waals surface area contributed by atoms with Gasteiger partial charge in [0.15, 0.2) is 0 Å². The van der Waals surface area contributed by atoms with Gasteiger partial charge in [0.2, 0.25) is 0 Å². The number of rotatable bonds is 7. The number of nitrogens with zero attached hydrogens (tertiary/aromatic N) is 2. The van der Waals surface area contributed by atoms with Crippen LogP contribution >= 0.6 is 0 Å². The van der Waals surface area contributed by atoms with E-state index < -0.39 is 0 Å². The van der Waals surface area contributed by atoms with Crippen molar-refractivity contribution in [1.82, 2.24) is 9.38 Å². The Hall–Kier alpha value is -1.35. The van der Waals surface area contributed by atoms with Gasteiger partial charge in [0, 0.05) is 11.8 Å². The fraction of sp³-hybridized carbons (Fsp3) is 0.588. The Bertz CT molecular complexity index is 545. The van der Waals surface area contributed by atoms with E-state index in [1.54, 1.807) is 6.33 Å². The summed E-state index contributed by atoms with van der Waals surface area (Å²) in [6.07, 6.45) is 10.9. The van der Waals surface area contributed by atoms with Crippen molar-refractivity contribution >= 4 is 5.52 Å². The van der Waals surface area contributed by atoms with Crippen molar-refractivity contribution in [3.8, 4) is 0 Å². The Balaban J connectivity index is 2.25. The van der Waals surface area contributed by atoms with Gasteiger partial charge in [-0.05, 0) is 24.0 Å². The normalized spacial score (nSPS) is 13.2. The lowest BCUT2D eigenvalue weighted by Crippen LogP contribution is -2.06. The minimum absolute atomic E-state index is 0.385. The number of aliphatic hydroxyl groups excluding tert-OH is 1. The largest absolute Gasteiger partial charge is 0.388 e. The standard InChI is InChI=1S/C17H26N2O/c1-4-5-6-7-8-16(20)17-14(13(2)3)9-10-19-12-18-11-15(17)19/h9-13,16,20H,4-8H2,1-3H3. The zero-order chi connectivity index (χ0) is 14.5. The predicted molar refractivity (Wildman–Crippen MR) is 83.0 cm³/mol. The average Bonchev–Trinajstić information content (AvgIpc) is 2.90. The van der Waals surface area contributed by atoms with Crippen molar-refractivity contribution in [3.05, 3.63) is 35.9 Å². The average molecular weight is 274 g/mol. The molecule has 110 valence electrons. The summed E-state index contributed by atoms with van der Waals surface area (Å²) < 4.78 is 2.00. The molecule has 3 nitrogen and oxygen atoms in total. The van der Waals surface area contributed by atoms with E-state index in [2.05, 4.69) is 31.8 Å². The van der Waals surface area contributed by atoms with Crippen molar-refractivity contribution in [3.63, 3.8) is 0 Å². The summed E-state index contributed by atoms with van der Waals surface area (Å²) in [5, 5.41) is 10.6. The Morgan fingerprint density at radius 2 is 2.05 bits per heavy atom. The Morgan fingerprint density at radius 1 is 1.25 bits per heavy atom. The van der Waals surface area contributed by atoms with Gasteiger partial charge < -0.3 is 9.51 Å². The lowest BCUT2D eigenvalue weighted by atomic mass is 9.92. The molecule has 1 unspecified atom stereocenters. The summed E-state index contributed by atoms with van der Waals surface area (Å²) in [6, 6.07) is 2.12. The quantitative estimate of drug-likeness (QED) is 0.757. The van der Waals surface area contributed by atoms with Crippen LogP contribution < -0.4 is 0 Å². The highest BCUT2D eigenvalue weighted by atomic mass is 16.3. The van der Waals surface area contributed by atoms with E-state index in [4.69, 9.17) is 0 Å². The van der Waals surface area contributed by atoms with Crippen LogP contribution in [0.4, 0.5) is 0 Å². The molecule has 0 bridgehead atoms. The summed E-state index contributed by atoms with van der Waals surface area (Å²) in [7, 11) is 0. The molecule has 1 N–H and O–H groups in total. The number of pyridine rings is 1. The van der Waals surface area contributed by atoms with Crippen LogP contribution in [0.25, 0.3) is 5.52 Å². The first-order valence-corrected chi connectivity index (χ1v) is 7.77. The van der Waals surface area contributed by atoms with Crippen LogP contribution in [-0.2, 0) is 0 Å². The van der Waals surface area contributed by atoms with Gasteiger partial charge in [-0.2, -0.15) is 0 Å². The van der Waals surface area contributed by atoms with E-state index in [0.717, 1.165) is 23.9 Å². The first-order valence-electron chi connectivity index (χ1n) is 7.77. The SMILES string of the molecule is CCCCCCC(O)c1c(C(C)C)ccn2cncc12. The fourth-order valence-electron chi connectivity index (χ4n) is 2.81. The number of aliphatic hydroxyl groups is 1. The third-order valence-corrected chi connectivity index (χ3v) is 3.95. The molecule has 0 saturated carbocycles. The summed E-state index contributed by atoms with van der Waals surface area (Å²) >= 11 is 0. The van der Waals surface area contributed by atoms with E-state index >= 15 is 0 Å². The molecule has 0 saturated heterocycles. The zero-order valence-corrected chi connectivity index (χ0v) is 12.8. The molecule has 3 heteroatoms. The molecular weight excluding hydrogens is 248 g/mol. The van der Waals surface area contributed by atoms with Crippen molar-refractivity contribution in [2.45, 2.75) is 64.9 Å². The van der Waals surface area contributed by atoms with Crippen LogP contribution in [0, 0.1) is 0 Å². The van der Waals surface area contributed by atoms with Crippen LogP contribution in [0.15, 0.2) is 24.8 Å². The van der Waals surface area contributed by atoms with Crippen LogP contribution in [0.1, 0.15) is 76.0 Å². The van der Waals surface area contributed by atoms with Gasteiger partial charge in [0.1, 0.15) is 0 Å². The number of fused-ring (bicyclic) bond motifs is 1. The minimum atomic E-state index is -0.385. The molecule has 2 heterocycles. The second-order valence-corrected chi connectivity index (χ2v) is 5.89. The molecule has 0 aromatic carbocycles. The van der Waals surface area contributed by atoms with E-state index in [0.29, 0.717) is 5.92 Å². The third-order valence-electron chi connectivity index (χ3n) is 3.95. The zero-order valence-electron chi connectivity index (χ0n) is 12.8. The molecule has 0 fully saturated rings. The van der Waals surface area contributed by atoms with Gasteiger partial charge >= 0.3 is 0 Å². The highest BCUT2D eigenvalue weighted by Crippen LogP contribution is 2.31. The molecule has 1 atom stereocenters. The molecule has 2 aromatic heterocycles. The molecule has 0 aliphatic heterocycles. The van der Waals surface area contributed by atoms with Crippen molar-refractivity contribution < 1.29 is 5.11 Å². The topological polar surface area (TPSA) is 37.5 Å². The highest BCUT2D eigenvalue weighted by molar-refractivity contribution is 5.58. The van der Waals surface area contributed by atoms with Crippen molar-refractivity contribution in [1.29, 1.82) is 0 Å². The van der Waals surface area contributed by atoms with Gasteiger partial charge in [-0.1, -0.05) is 46.5 Å². The summed E-state index contributed by atoms with van der Waals surface area (Å²) in [4.78, 5) is 4.21. The second-order valence-electron chi connectivity index (χ2n) is 5.89. The highest BCUT2D eigenvalue weighted by Gasteiger charge is 2.18. The molecule has 0 aliphatic carbocycles. The predicted octanol–water partition coefficient (Wildman–Crippen LogP) is 4.46. The monoisotopic (exact) mass is 274 g/mol. The summed E-state index contributed by atoms with van der Waals surface area (Å²) in [6.45, 7) is 6.56. The van der Waals surface area contributed by atoms with Gasteiger partial charge in [-0.3, -0.25) is 0 Å². The molecule has 0 radical (unpaired) electrons. The van der Waals surface area contributed by atoms with E-state index in [1.807, 2.05) is 16.8 Å². The lowest BCUT2D eigenvalue weighted by molar-refractivity contribution is 0.163. The number of imidazole rings is 1. The van der Waals surface area contributed by atoms with Gasteiger partial charge in [-0.15, -0.1) is 0 Å². The van der Waals surface area contributed by atoms with Crippen LogP contribution in [-0.4, -0.2) is 14.5 Å². The van der Waals surface area contributed by atoms with E-state index in [9.17, 15) is 5.11 Å². The molecule has 0 aliphatic rings. The van der Waals surface area contributed by atoms with Gasteiger partial charge in [-0.25, -0.2) is 4.98 Å². The Kier molecular flexibility index (Phi) is 5.18. The first kappa shape index (κ1) is 15.0. The number of aromatic nitrogens is 2. The summed E-state index contributed by atoms with van der Waals surface area (Å²) in [5.74, 6) is 0.412. The van der Waals surface area contributed by atoms with Crippen molar-refractivity contribution in [2.24, 2.45) is 0 Å². The minimum Gasteiger partial charge on any atom is -0.388 e. The first-order chi connectivity index (χ1) is 9.65.